The summed E-state index contributed by atoms with van der Waals surface area (Å²) in [5.74, 6) is 0.998. The van der Waals surface area contributed by atoms with Crippen molar-refractivity contribution in [3.63, 3.8) is 0 Å². The number of amides is 1. The van der Waals surface area contributed by atoms with Gasteiger partial charge in [0.1, 0.15) is 0 Å². The standard InChI is InChI=1S/C21H23N3O2S/c1-14(16-7-6-15-4-2-3-5-17(15)12-16)22-19(25)8-9-20-23-24-21(26-20)18-10-11-27-13-18/h6-7,10-14H,2-5,8-9H2,1H3,(H,22,25). The van der Waals surface area contributed by atoms with Crippen LogP contribution in [0.4, 0.5) is 0 Å². The molecular formula is C21H23N3O2S. The third-order valence-electron chi connectivity index (χ3n) is 5.05. The van der Waals surface area contributed by atoms with Crippen molar-refractivity contribution in [2.75, 3.05) is 0 Å². The summed E-state index contributed by atoms with van der Waals surface area (Å²) in [6, 6.07) is 8.55. The zero-order chi connectivity index (χ0) is 18.6. The van der Waals surface area contributed by atoms with Gasteiger partial charge in [-0.2, -0.15) is 11.3 Å². The molecule has 27 heavy (non-hydrogen) atoms. The van der Waals surface area contributed by atoms with Crippen molar-refractivity contribution in [2.24, 2.45) is 0 Å². The Morgan fingerprint density at radius 1 is 1.22 bits per heavy atom. The maximum atomic E-state index is 12.3. The molecule has 0 saturated carbocycles. The van der Waals surface area contributed by atoms with Gasteiger partial charge in [-0.3, -0.25) is 4.79 Å². The molecule has 140 valence electrons. The Hall–Kier alpha value is -2.47. The molecule has 1 unspecified atom stereocenters. The van der Waals surface area contributed by atoms with Crippen molar-refractivity contribution in [1.29, 1.82) is 0 Å². The Bertz CT molecular complexity index is 917. The van der Waals surface area contributed by atoms with E-state index < -0.39 is 0 Å². The number of nitrogens with one attached hydrogen (secondary N) is 1. The molecule has 0 fully saturated rings. The van der Waals surface area contributed by atoms with Gasteiger partial charge in [-0.15, -0.1) is 10.2 Å². The molecule has 1 aliphatic rings. The summed E-state index contributed by atoms with van der Waals surface area (Å²) in [4.78, 5) is 12.3. The lowest BCUT2D eigenvalue weighted by atomic mass is 9.89. The molecule has 1 amide bonds. The van der Waals surface area contributed by atoms with Gasteiger partial charge < -0.3 is 9.73 Å². The Kier molecular flexibility index (Phi) is 5.34. The quantitative estimate of drug-likeness (QED) is 0.683. The molecule has 0 spiro atoms. The molecule has 1 aromatic carbocycles. The molecule has 4 rings (SSSR count). The molecule has 1 atom stereocenters. The number of fused-ring (bicyclic) bond motifs is 1. The smallest absolute Gasteiger partial charge is 0.248 e. The fourth-order valence-electron chi connectivity index (χ4n) is 3.50. The van der Waals surface area contributed by atoms with E-state index in [0.717, 1.165) is 12.0 Å². The first-order chi connectivity index (χ1) is 13.2. The molecule has 6 heteroatoms. The summed E-state index contributed by atoms with van der Waals surface area (Å²) in [5, 5.41) is 15.1. The summed E-state index contributed by atoms with van der Waals surface area (Å²) >= 11 is 1.58. The van der Waals surface area contributed by atoms with E-state index in [9.17, 15) is 4.79 Å². The van der Waals surface area contributed by atoms with E-state index in [1.807, 2.05) is 23.8 Å². The van der Waals surface area contributed by atoms with Gasteiger partial charge in [-0.05, 0) is 60.7 Å². The lowest BCUT2D eigenvalue weighted by Gasteiger charge is -2.20. The van der Waals surface area contributed by atoms with Crippen molar-refractivity contribution in [3.8, 4) is 11.5 Å². The summed E-state index contributed by atoms with van der Waals surface area (Å²) in [6.07, 6.45) is 5.64. The van der Waals surface area contributed by atoms with E-state index in [4.69, 9.17) is 4.42 Å². The van der Waals surface area contributed by atoms with Gasteiger partial charge in [0, 0.05) is 23.8 Å². The number of nitrogens with zero attached hydrogens (tertiary/aromatic N) is 2. The Morgan fingerprint density at radius 2 is 2.07 bits per heavy atom. The van der Waals surface area contributed by atoms with E-state index in [1.54, 1.807) is 11.3 Å². The number of aromatic nitrogens is 2. The van der Waals surface area contributed by atoms with E-state index >= 15 is 0 Å². The first-order valence-electron chi connectivity index (χ1n) is 9.45. The SMILES string of the molecule is CC(NC(=O)CCc1nnc(-c2ccsc2)o1)c1ccc2c(c1)CCCC2. The van der Waals surface area contributed by atoms with Crippen LogP contribution in [-0.4, -0.2) is 16.1 Å². The normalized spacial score (nSPS) is 14.6. The molecule has 0 aliphatic heterocycles. The lowest BCUT2D eigenvalue weighted by Crippen LogP contribution is -2.27. The van der Waals surface area contributed by atoms with Crippen LogP contribution in [0.3, 0.4) is 0 Å². The topological polar surface area (TPSA) is 68.0 Å². The zero-order valence-corrected chi connectivity index (χ0v) is 16.2. The number of hydrogen-bond donors (Lipinski definition) is 1. The summed E-state index contributed by atoms with van der Waals surface area (Å²) in [6.45, 7) is 2.03. The molecule has 3 aromatic rings. The third kappa shape index (κ3) is 4.27. The van der Waals surface area contributed by atoms with Gasteiger partial charge in [-0.25, -0.2) is 0 Å². The lowest BCUT2D eigenvalue weighted by molar-refractivity contribution is -0.121. The van der Waals surface area contributed by atoms with E-state index in [1.165, 1.54) is 36.0 Å². The summed E-state index contributed by atoms with van der Waals surface area (Å²) in [7, 11) is 0. The molecular weight excluding hydrogens is 358 g/mol. The highest BCUT2D eigenvalue weighted by Gasteiger charge is 2.15. The Morgan fingerprint density at radius 3 is 2.89 bits per heavy atom. The van der Waals surface area contributed by atoms with Crippen LogP contribution in [0.25, 0.3) is 11.5 Å². The predicted octanol–water partition coefficient (Wildman–Crippen LogP) is 4.49. The number of thiophene rings is 1. The molecule has 1 N–H and O–H groups in total. The Labute approximate surface area is 162 Å². The van der Waals surface area contributed by atoms with Crippen LogP contribution in [0.1, 0.15) is 54.8 Å². The predicted molar refractivity (Wildman–Crippen MR) is 106 cm³/mol. The van der Waals surface area contributed by atoms with Crippen LogP contribution >= 0.6 is 11.3 Å². The second-order valence-corrected chi connectivity index (χ2v) is 7.82. The van der Waals surface area contributed by atoms with E-state index in [2.05, 4.69) is 33.7 Å². The monoisotopic (exact) mass is 381 g/mol. The highest BCUT2D eigenvalue weighted by molar-refractivity contribution is 7.08. The fraction of sp³-hybridized carbons (Fsp3) is 0.381. The maximum absolute atomic E-state index is 12.3. The summed E-state index contributed by atoms with van der Waals surface area (Å²) in [5.41, 5.74) is 4.98. The van der Waals surface area contributed by atoms with Crippen molar-refractivity contribution >= 4 is 17.2 Å². The third-order valence-corrected chi connectivity index (χ3v) is 5.73. The molecule has 5 nitrogen and oxygen atoms in total. The van der Waals surface area contributed by atoms with Crippen LogP contribution in [0.2, 0.25) is 0 Å². The average molecular weight is 382 g/mol. The highest BCUT2D eigenvalue weighted by atomic mass is 32.1. The molecule has 0 bridgehead atoms. The summed E-state index contributed by atoms with van der Waals surface area (Å²) < 4.78 is 5.63. The fourth-order valence-corrected chi connectivity index (χ4v) is 4.13. The van der Waals surface area contributed by atoms with Crippen LogP contribution in [0.5, 0.6) is 0 Å². The zero-order valence-electron chi connectivity index (χ0n) is 15.4. The number of aryl methyl sites for hydroxylation is 3. The number of carbonyl (C=O) groups excluding carboxylic acids is 1. The number of carbonyl (C=O) groups is 1. The van der Waals surface area contributed by atoms with Crippen LogP contribution in [-0.2, 0) is 24.1 Å². The highest BCUT2D eigenvalue weighted by Crippen LogP contribution is 2.25. The minimum absolute atomic E-state index is 0.00416. The largest absolute Gasteiger partial charge is 0.421 e. The maximum Gasteiger partial charge on any atom is 0.248 e. The van der Waals surface area contributed by atoms with Crippen molar-refractivity contribution in [1.82, 2.24) is 15.5 Å². The molecule has 1 aliphatic carbocycles. The van der Waals surface area contributed by atoms with Crippen LogP contribution in [0, 0.1) is 0 Å². The molecule has 2 aromatic heterocycles. The van der Waals surface area contributed by atoms with Gasteiger partial charge in [0.25, 0.3) is 0 Å². The minimum atomic E-state index is -0.00576. The van der Waals surface area contributed by atoms with Gasteiger partial charge >= 0.3 is 0 Å². The van der Waals surface area contributed by atoms with Gasteiger partial charge in [-0.1, -0.05) is 18.2 Å². The van der Waals surface area contributed by atoms with Gasteiger partial charge in [0.2, 0.25) is 17.7 Å². The van der Waals surface area contributed by atoms with Crippen molar-refractivity contribution < 1.29 is 9.21 Å². The minimum Gasteiger partial charge on any atom is -0.421 e. The van der Waals surface area contributed by atoms with Crippen molar-refractivity contribution in [2.45, 2.75) is 51.5 Å². The number of hydrogen-bond acceptors (Lipinski definition) is 5. The van der Waals surface area contributed by atoms with E-state index in [0.29, 0.717) is 24.6 Å². The van der Waals surface area contributed by atoms with Crippen LogP contribution in [0.15, 0.2) is 39.4 Å². The van der Waals surface area contributed by atoms with Gasteiger partial charge in [0.05, 0.1) is 6.04 Å². The van der Waals surface area contributed by atoms with Crippen molar-refractivity contribution in [3.05, 3.63) is 57.6 Å². The molecule has 2 heterocycles. The second-order valence-electron chi connectivity index (χ2n) is 7.04. The van der Waals surface area contributed by atoms with Crippen LogP contribution < -0.4 is 5.32 Å². The number of benzene rings is 1. The molecule has 0 radical (unpaired) electrons. The first-order valence-corrected chi connectivity index (χ1v) is 10.4. The first kappa shape index (κ1) is 17.9. The second kappa shape index (κ2) is 8.05. The molecule has 0 saturated heterocycles. The van der Waals surface area contributed by atoms with Gasteiger partial charge in [0.15, 0.2) is 0 Å². The number of rotatable bonds is 6. The van der Waals surface area contributed by atoms with E-state index in [-0.39, 0.29) is 11.9 Å². The Balaban J connectivity index is 1.31. The average Bonchev–Trinajstić information content (AvgIpc) is 3.37.